The molecule has 0 rings (SSSR count). The van der Waals surface area contributed by atoms with Gasteiger partial charge in [0.1, 0.15) is 10.1 Å². The molecule has 0 saturated heterocycles. The summed E-state index contributed by atoms with van der Waals surface area (Å²) in [5.41, 5.74) is -2.06. The molecule has 0 unspecified atom stereocenters. The Hall–Kier alpha value is -0.830. The summed E-state index contributed by atoms with van der Waals surface area (Å²) in [6.45, 7) is 33.4. The summed E-state index contributed by atoms with van der Waals surface area (Å²) in [4.78, 5) is 55.7. The number of hydrogen-bond acceptors (Lipinski definition) is 11. The molecule has 0 aliphatic heterocycles. The van der Waals surface area contributed by atoms with Crippen LogP contribution in [-0.2, 0) is 47.7 Å². The van der Waals surface area contributed by atoms with E-state index in [0.29, 0.717) is 39.3 Å². The van der Waals surface area contributed by atoms with Gasteiger partial charge in [-0.15, -0.1) is 0 Å². The summed E-state index contributed by atoms with van der Waals surface area (Å²) in [5, 5.41) is 19.8. The van der Waals surface area contributed by atoms with E-state index in [1.807, 2.05) is 34.6 Å². The smallest absolute Gasteiger partial charge is 0.550 e. The van der Waals surface area contributed by atoms with Crippen molar-refractivity contribution in [2.24, 2.45) is 21.7 Å². The molecule has 0 bridgehead atoms. The maximum absolute atomic E-state index is 11.8. The molecule has 0 fully saturated rings. The van der Waals surface area contributed by atoms with Crippen LogP contribution >= 0.6 is 15.9 Å². The van der Waals surface area contributed by atoms with Gasteiger partial charge in [0.2, 0.25) is 0 Å². The SMILES string of the molecule is CC(C)(CCCCOCCCCC(C)(C)C(=O)O)C(=O)[O-].CCCCCOCCCCC.CCOC(=O)C(C)(C)Br.CCOC(=O)C(C)(C)CCCCOCCCCC(C)(C)C(C)=O.[Ca+2]. The zero-order valence-electron chi connectivity index (χ0n) is 44.4. The van der Waals surface area contributed by atoms with Crippen molar-refractivity contribution in [2.45, 2.75) is 224 Å². The standard InChI is InChI=1S/C19H36O4.C16H30O5.C10H22O.C6H11BrO2.Ca/c1-7-23-17(21)19(5,6)13-9-11-15-22-14-10-8-12-18(3,4)16(2)20;1-15(2,13(17)18)9-5-7-11-21-12-8-6-10-16(3,4)14(19)20;1-3-5-7-9-11-10-8-6-4-2;1-4-9-5(8)6(2,3)7;/h7-15H2,1-6H3;5-12H2,1-4H3,(H,17,18)(H,19,20);3-10H2,1-2H3;4H2,1-3H3;/q;;;;+2/p-1. The Morgan fingerprint density at radius 3 is 1.02 bits per heavy atom. The van der Waals surface area contributed by atoms with E-state index < -0.39 is 32.5 Å². The van der Waals surface area contributed by atoms with E-state index in [1.54, 1.807) is 55.4 Å². The fourth-order valence-electron chi connectivity index (χ4n) is 5.41. The minimum atomic E-state index is -1.01. The van der Waals surface area contributed by atoms with E-state index >= 15 is 0 Å². The van der Waals surface area contributed by atoms with Crippen LogP contribution in [0.15, 0.2) is 0 Å². The van der Waals surface area contributed by atoms with Gasteiger partial charge < -0.3 is 38.7 Å². The Balaban J connectivity index is -0.000000261. The van der Waals surface area contributed by atoms with Crippen molar-refractivity contribution in [3.05, 3.63) is 0 Å². The number of esters is 2. The molecule has 0 saturated carbocycles. The average Bonchev–Trinajstić information content (AvgIpc) is 3.19. The van der Waals surface area contributed by atoms with Gasteiger partial charge in [0.05, 0.1) is 24.0 Å². The van der Waals surface area contributed by atoms with Crippen LogP contribution in [0.25, 0.3) is 0 Å². The predicted octanol–water partition coefficient (Wildman–Crippen LogP) is 11.5. The number of halogens is 1. The summed E-state index contributed by atoms with van der Waals surface area (Å²) < 4.78 is 25.8. The zero-order valence-corrected chi connectivity index (χ0v) is 48.2. The summed E-state index contributed by atoms with van der Waals surface area (Å²) in [7, 11) is 0. The molecular formula is C51H98BrCaO12+. The fraction of sp³-hybridized carbons (Fsp3) is 0.902. The van der Waals surface area contributed by atoms with Gasteiger partial charge in [-0.1, -0.05) is 109 Å². The number of carbonyl (C=O) groups excluding carboxylic acids is 4. The number of hydrogen-bond donors (Lipinski definition) is 1. The molecule has 382 valence electrons. The third-order valence-electron chi connectivity index (χ3n) is 10.8. The van der Waals surface area contributed by atoms with E-state index in [9.17, 15) is 29.1 Å². The Morgan fingerprint density at radius 2 is 0.754 bits per heavy atom. The minimum absolute atomic E-state index is 0. The van der Waals surface area contributed by atoms with Gasteiger partial charge in [-0.05, 0) is 127 Å². The maximum atomic E-state index is 11.8. The predicted molar refractivity (Wildman–Crippen MR) is 267 cm³/mol. The third-order valence-corrected chi connectivity index (χ3v) is 11.1. The molecule has 12 nitrogen and oxygen atoms in total. The molecule has 0 aliphatic rings. The Bertz CT molecular complexity index is 1160. The van der Waals surface area contributed by atoms with E-state index in [0.717, 1.165) is 90.6 Å². The first kappa shape index (κ1) is 73.1. The molecule has 1 N–H and O–H groups in total. The van der Waals surface area contributed by atoms with Gasteiger partial charge >= 0.3 is 55.6 Å². The molecule has 0 heterocycles. The largest absolute Gasteiger partial charge is 2.00 e. The zero-order chi connectivity index (χ0) is 50.3. The first-order valence-corrected chi connectivity index (χ1v) is 25.1. The van der Waals surface area contributed by atoms with Gasteiger partial charge in [-0.2, -0.15) is 0 Å². The molecule has 0 aromatic rings. The molecule has 65 heavy (non-hydrogen) atoms. The van der Waals surface area contributed by atoms with Gasteiger partial charge in [0.25, 0.3) is 0 Å². The number of alkyl halides is 1. The molecule has 0 radical (unpaired) electrons. The van der Waals surface area contributed by atoms with Crippen molar-refractivity contribution in [3.8, 4) is 0 Å². The summed E-state index contributed by atoms with van der Waals surface area (Å²) in [5.74, 6) is -1.86. The molecule has 0 aromatic carbocycles. The van der Waals surface area contributed by atoms with Crippen LogP contribution in [0, 0.1) is 21.7 Å². The number of carboxylic acid groups (broad SMARTS) is 2. The first-order chi connectivity index (χ1) is 29.6. The topological polar surface area (TPSA) is 175 Å². The van der Waals surface area contributed by atoms with Crippen LogP contribution in [0.3, 0.4) is 0 Å². The maximum Gasteiger partial charge on any atom is 2.00 e. The van der Waals surface area contributed by atoms with E-state index in [2.05, 4.69) is 29.8 Å². The van der Waals surface area contributed by atoms with Gasteiger partial charge in [0, 0.05) is 56.4 Å². The van der Waals surface area contributed by atoms with Crippen molar-refractivity contribution >= 4 is 83.3 Å². The number of Topliss-reactive ketones (excluding diaryl/α,β-unsaturated/α-hetero) is 1. The normalized spacial score (nSPS) is 11.6. The number of unbranched alkanes of at least 4 members (excludes halogenated alkanes) is 8. The molecule has 14 heteroatoms. The number of ketones is 1. The average molecular weight is 1020 g/mol. The van der Waals surface area contributed by atoms with Crippen molar-refractivity contribution in [3.63, 3.8) is 0 Å². The van der Waals surface area contributed by atoms with Gasteiger partial charge in [-0.3, -0.25) is 19.2 Å². The van der Waals surface area contributed by atoms with Crippen LogP contribution in [-0.4, -0.2) is 130 Å². The van der Waals surface area contributed by atoms with Crippen molar-refractivity contribution in [1.29, 1.82) is 0 Å². The van der Waals surface area contributed by atoms with Crippen LogP contribution in [0.1, 0.15) is 219 Å². The fourth-order valence-corrected chi connectivity index (χ4v) is 5.53. The Morgan fingerprint density at radius 1 is 0.462 bits per heavy atom. The van der Waals surface area contributed by atoms with E-state index in [4.69, 9.17) is 28.8 Å². The molecule has 0 amide bonds. The van der Waals surface area contributed by atoms with Crippen LogP contribution in [0.5, 0.6) is 0 Å². The molecule has 0 atom stereocenters. The second-order valence-corrected chi connectivity index (χ2v) is 21.7. The second-order valence-electron chi connectivity index (χ2n) is 19.7. The quantitative estimate of drug-likeness (QED) is 0.0276. The number of rotatable bonds is 35. The summed E-state index contributed by atoms with van der Waals surface area (Å²) in [6, 6.07) is 0. The number of carboxylic acids is 2. The summed E-state index contributed by atoms with van der Waals surface area (Å²) in [6.07, 6.45) is 17.9. The van der Waals surface area contributed by atoms with E-state index in [1.165, 1.54) is 38.5 Å². The molecule has 0 spiro atoms. The van der Waals surface area contributed by atoms with Crippen molar-refractivity contribution in [1.82, 2.24) is 0 Å². The van der Waals surface area contributed by atoms with Crippen molar-refractivity contribution in [2.75, 3.05) is 52.9 Å². The van der Waals surface area contributed by atoms with Crippen LogP contribution in [0.2, 0.25) is 0 Å². The second kappa shape index (κ2) is 43.2. The number of carbonyl (C=O) groups is 5. The summed E-state index contributed by atoms with van der Waals surface area (Å²) >= 11 is 3.17. The first-order valence-electron chi connectivity index (χ1n) is 24.3. The number of ether oxygens (including phenoxy) is 5. The Kier molecular flexibility index (Phi) is 48.6. The van der Waals surface area contributed by atoms with Gasteiger partial charge in [0.15, 0.2) is 0 Å². The molecular weight excluding hydrogens is 925 g/mol. The van der Waals surface area contributed by atoms with Gasteiger partial charge in [-0.25, -0.2) is 0 Å². The molecule has 0 aromatic heterocycles. The van der Waals surface area contributed by atoms with Crippen LogP contribution in [0.4, 0.5) is 0 Å². The third kappa shape index (κ3) is 46.7. The monoisotopic (exact) mass is 1020 g/mol. The van der Waals surface area contributed by atoms with Crippen molar-refractivity contribution < 1.29 is 57.9 Å². The minimum Gasteiger partial charge on any atom is -0.550 e. The number of aliphatic carboxylic acids is 2. The molecule has 0 aliphatic carbocycles. The van der Waals surface area contributed by atoms with Crippen LogP contribution < -0.4 is 5.11 Å². The van der Waals surface area contributed by atoms with E-state index in [-0.39, 0.29) is 60.9 Å². The Labute approximate surface area is 436 Å².